The summed E-state index contributed by atoms with van der Waals surface area (Å²) in [6, 6.07) is 10.6. The Morgan fingerprint density at radius 1 is 1.27 bits per heavy atom. The van der Waals surface area contributed by atoms with Crippen molar-refractivity contribution in [3.63, 3.8) is 0 Å². The van der Waals surface area contributed by atoms with Crippen LogP contribution in [0.3, 0.4) is 0 Å². The highest BCUT2D eigenvalue weighted by Crippen LogP contribution is 2.26. The van der Waals surface area contributed by atoms with Crippen molar-refractivity contribution in [3.05, 3.63) is 35.9 Å². The largest absolute Gasteiger partial charge is 0.469 e. The number of nitrogens with zero attached hydrogens (tertiary/aromatic N) is 2. The predicted molar refractivity (Wildman–Crippen MR) is 82.0 cm³/mol. The zero-order chi connectivity index (χ0) is 15.5. The van der Waals surface area contributed by atoms with Gasteiger partial charge in [0.15, 0.2) is 0 Å². The highest BCUT2D eigenvalue weighted by molar-refractivity contribution is 5.87. The molecular weight excluding hydrogens is 280 g/mol. The van der Waals surface area contributed by atoms with Gasteiger partial charge in [-0.05, 0) is 12.0 Å². The third-order valence-corrected chi connectivity index (χ3v) is 4.63. The molecule has 5 nitrogen and oxygen atoms in total. The van der Waals surface area contributed by atoms with E-state index in [1.807, 2.05) is 23.1 Å². The van der Waals surface area contributed by atoms with Gasteiger partial charge in [0.25, 0.3) is 0 Å². The van der Waals surface area contributed by atoms with Crippen LogP contribution < -0.4 is 0 Å². The average molecular weight is 302 g/mol. The van der Waals surface area contributed by atoms with Crippen molar-refractivity contribution in [2.75, 3.05) is 26.7 Å². The van der Waals surface area contributed by atoms with E-state index < -0.39 is 0 Å². The van der Waals surface area contributed by atoms with Gasteiger partial charge in [0, 0.05) is 38.6 Å². The molecule has 0 aliphatic carbocycles. The molecule has 1 amide bonds. The van der Waals surface area contributed by atoms with Crippen LogP contribution in [0.25, 0.3) is 0 Å². The lowest BCUT2D eigenvalue weighted by Gasteiger charge is -2.24. The van der Waals surface area contributed by atoms with Crippen molar-refractivity contribution < 1.29 is 14.3 Å². The summed E-state index contributed by atoms with van der Waals surface area (Å²) in [6.45, 7) is 3.30. The number of hydrogen-bond donors (Lipinski definition) is 0. The second-order valence-corrected chi connectivity index (χ2v) is 6.13. The monoisotopic (exact) mass is 302 g/mol. The molecule has 2 aliphatic rings. The molecule has 0 radical (unpaired) electrons. The van der Waals surface area contributed by atoms with Gasteiger partial charge >= 0.3 is 5.97 Å². The van der Waals surface area contributed by atoms with E-state index in [2.05, 4.69) is 17.0 Å². The van der Waals surface area contributed by atoms with Crippen molar-refractivity contribution in [2.45, 2.75) is 25.4 Å². The molecule has 0 saturated carbocycles. The van der Waals surface area contributed by atoms with Crippen LogP contribution in [0, 0.1) is 5.92 Å². The van der Waals surface area contributed by atoms with Gasteiger partial charge in [-0.3, -0.25) is 14.5 Å². The van der Waals surface area contributed by atoms with E-state index in [-0.39, 0.29) is 23.8 Å². The number of carbonyl (C=O) groups excluding carboxylic acids is 2. The van der Waals surface area contributed by atoms with E-state index in [1.54, 1.807) is 0 Å². The van der Waals surface area contributed by atoms with Crippen LogP contribution in [-0.2, 0) is 20.9 Å². The van der Waals surface area contributed by atoms with E-state index >= 15 is 0 Å². The Morgan fingerprint density at radius 2 is 2.05 bits per heavy atom. The summed E-state index contributed by atoms with van der Waals surface area (Å²) in [5, 5.41) is 0. The fraction of sp³-hybridized carbons (Fsp3) is 0.529. The third-order valence-electron chi connectivity index (χ3n) is 4.63. The van der Waals surface area contributed by atoms with Crippen LogP contribution in [0.15, 0.2) is 30.3 Å². The molecule has 118 valence electrons. The minimum Gasteiger partial charge on any atom is -0.469 e. The van der Waals surface area contributed by atoms with E-state index in [0.717, 1.165) is 26.1 Å². The van der Waals surface area contributed by atoms with Gasteiger partial charge in [-0.1, -0.05) is 30.3 Å². The first kappa shape index (κ1) is 15.0. The van der Waals surface area contributed by atoms with Crippen LogP contribution in [0.5, 0.6) is 0 Å². The SMILES string of the molecule is COC(=O)[C@@H]1CC(=O)N([C@@H]2CCN(Cc3ccccc3)C2)C1. The highest BCUT2D eigenvalue weighted by atomic mass is 16.5. The number of methoxy groups -OCH3 is 1. The van der Waals surface area contributed by atoms with E-state index in [9.17, 15) is 9.59 Å². The zero-order valence-corrected chi connectivity index (χ0v) is 12.9. The smallest absolute Gasteiger partial charge is 0.310 e. The number of esters is 1. The van der Waals surface area contributed by atoms with Gasteiger partial charge in [-0.25, -0.2) is 0 Å². The number of ether oxygens (including phenoxy) is 1. The second-order valence-electron chi connectivity index (χ2n) is 6.13. The molecule has 0 aromatic heterocycles. The van der Waals surface area contributed by atoms with Gasteiger partial charge in [0.1, 0.15) is 0 Å². The number of carbonyl (C=O) groups is 2. The summed E-state index contributed by atoms with van der Waals surface area (Å²) in [6.07, 6.45) is 1.27. The second kappa shape index (κ2) is 6.48. The first-order chi connectivity index (χ1) is 10.7. The van der Waals surface area contributed by atoms with Gasteiger partial charge in [0.05, 0.1) is 13.0 Å². The predicted octanol–water partition coefficient (Wildman–Crippen LogP) is 1.28. The fourth-order valence-corrected chi connectivity index (χ4v) is 3.46. The lowest BCUT2D eigenvalue weighted by atomic mass is 10.1. The van der Waals surface area contributed by atoms with Crippen molar-refractivity contribution >= 4 is 11.9 Å². The molecule has 0 spiro atoms. The molecule has 0 unspecified atom stereocenters. The Kier molecular flexibility index (Phi) is 4.43. The quantitative estimate of drug-likeness (QED) is 0.786. The number of likely N-dealkylation sites (tertiary alicyclic amines) is 2. The maximum absolute atomic E-state index is 12.2. The summed E-state index contributed by atoms with van der Waals surface area (Å²) in [5.74, 6) is -0.474. The summed E-state index contributed by atoms with van der Waals surface area (Å²) in [7, 11) is 1.38. The van der Waals surface area contributed by atoms with Gasteiger partial charge in [0.2, 0.25) is 5.91 Å². The lowest BCUT2D eigenvalue weighted by molar-refractivity contribution is -0.145. The van der Waals surface area contributed by atoms with Crippen molar-refractivity contribution in [2.24, 2.45) is 5.92 Å². The van der Waals surface area contributed by atoms with Gasteiger partial charge < -0.3 is 9.64 Å². The zero-order valence-electron chi connectivity index (χ0n) is 12.9. The van der Waals surface area contributed by atoms with Crippen molar-refractivity contribution in [1.82, 2.24) is 9.80 Å². The Balaban J connectivity index is 1.56. The molecule has 2 heterocycles. The first-order valence-electron chi connectivity index (χ1n) is 7.81. The van der Waals surface area contributed by atoms with Crippen LogP contribution >= 0.6 is 0 Å². The molecule has 1 aromatic carbocycles. The average Bonchev–Trinajstić information content (AvgIpc) is 3.14. The Labute approximate surface area is 130 Å². The lowest BCUT2D eigenvalue weighted by Crippen LogP contribution is -2.39. The van der Waals surface area contributed by atoms with E-state index in [0.29, 0.717) is 13.0 Å². The molecule has 2 atom stereocenters. The molecule has 0 N–H and O–H groups in total. The third kappa shape index (κ3) is 3.14. The maximum Gasteiger partial charge on any atom is 0.310 e. The van der Waals surface area contributed by atoms with Crippen LogP contribution in [0.1, 0.15) is 18.4 Å². The van der Waals surface area contributed by atoms with Gasteiger partial charge in [-0.2, -0.15) is 0 Å². The topological polar surface area (TPSA) is 49.9 Å². The highest BCUT2D eigenvalue weighted by Gasteiger charge is 2.40. The van der Waals surface area contributed by atoms with Crippen molar-refractivity contribution in [3.8, 4) is 0 Å². The summed E-state index contributed by atoms with van der Waals surface area (Å²) in [4.78, 5) is 28.0. The van der Waals surface area contributed by atoms with Crippen molar-refractivity contribution in [1.29, 1.82) is 0 Å². The first-order valence-corrected chi connectivity index (χ1v) is 7.81. The summed E-state index contributed by atoms with van der Waals surface area (Å²) in [5.41, 5.74) is 1.29. The molecular formula is C17H22N2O3. The molecule has 1 aromatic rings. The number of benzene rings is 1. The molecule has 3 rings (SSSR count). The Morgan fingerprint density at radius 3 is 2.77 bits per heavy atom. The van der Waals surface area contributed by atoms with Gasteiger partial charge in [-0.15, -0.1) is 0 Å². The Hall–Kier alpha value is -1.88. The Bertz CT molecular complexity index is 546. The van der Waals surface area contributed by atoms with E-state index in [4.69, 9.17) is 4.74 Å². The molecule has 0 bridgehead atoms. The number of amides is 1. The number of hydrogen-bond acceptors (Lipinski definition) is 4. The molecule has 5 heteroatoms. The van der Waals surface area contributed by atoms with Crippen LogP contribution in [0.4, 0.5) is 0 Å². The summed E-state index contributed by atoms with van der Waals surface area (Å²) < 4.78 is 4.77. The standard InChI is InChI=1S/C17H22N2O3/c1-22-17(21)14-9-16(20)19(11-14)15-7-8-18(12-15)10-13-5-3-2-4-6-13/h2-6,14-15H,7-12H2,1H3/t14-,15-/m1/s1. The molecule has 2 aliphatic heterocycles. The summed E-state index contributed by atoms with van der Waals surface area (Å²) >= 11 is 0. The molecule has 22 heavy (non-hydrogen) atoms. The minimum atomic E-state index is -0.291. The fourth-order valence-electron chi connectivity index (χ4n) is 3.46. The maximum atomic E-state index is 12.2. The molecule has 2 saturated heterocycles. The number of rotatable bonds is 4. The normalized spacial score (nSPS) is 25.7. The van der Waals surface area contributed by atoms with Crippen LogP contribution in [-0.4, -0.2) is 54.5 Å². The van der Waals surface area contributed by atoms with Crippen LogP contribution in [0.2, 0.25) is 0 Å². The van der Waals surface area contributed by atoms with E-state index in [1.165, 1.54) is 12.7 Å². The molecule has 2 fully saturated rings. The minimum absolute atomic E-state index is 0.0851.